The maximum atomic E-state index is 12.4. The van der Waals surface area contributed by atoms with Crippen LogP contribution < -0.4 is 0 Å². The summed E-state index contributed by atoms with van der Waals surface area (Å²) in [6, 6.07) is 0. The Labute approximate surface area is 71.9 Å². The minimum absolute atomic E-state index is 0.708. The molecule has 0 aliphatic rings. The molecule has 0 nitrogen and oxygen atoms in total. The van der Waals surface area contributed by atoms with Crippen LogP contribution in [0.3, 0.4) is 0 Å². The van der Waals surface area contributed by atoms with Crippen LogP contribution >= 0.6 is 0 Å². The van der Waals surface area contributed by atoms with Gasteiger partial charge in [0.2, 0.25) is 6.43 Å². The van der Waals surface area contributed by atoms with E-state index in [-0.39, 0.29) is 0 Å². The molecule has 0 spiro atoms. The van der Waals surface area contributed by atoms with Gasteiger partial charge in [-0.15, -0.1) is 0 Å². The van der Waals surface area contributed by atoms with Gasteiger partial charge in [-0.1, -0.05) is 6.92 Å². The Morgan fingerprint density at radius 2 is 1.54 bits per heavy atom. The first-order valence-corrected chi connectivity index (χ1v) is 3.54. The van der Waals surface area contributed by atoms with Crippen molar-refractivity contribution < 1.29 is 26.3 Å². The predicted octanol–water partition coefficient (Wildman–Crippen LogP) is 3.18. The lowest BCUT2D eigenvalue weighted by Crippen LogP contribution is -2.38. The molecule has 2 atom stereocenters. The lowest BCUT2D eigenvalue weighted by atomic mass is 10.1. The van der Waals surface area contributed by atoms with Crippen molar-refractivity contribution in [3.8, 4) is 0 Å². The molecule has 0 aromatic carbocycles. The smallest absolute Gasteiger partial charge is 0.244 e. The number of rotatable bonds is 5. The van der Waals surface area contributed by atoms with Gasteiger partial charge < -0.3 is 0 Å². The average molecular weight is 207 g/mol. The van der Waals surface area contributed by atoms with Crippen LogP contribution in [0.1, 0.15) is 12.8 Å². The van der Waals surface area contributed by atoms with E-state index >= 15 is 0 Å². The molecular formula is C7H9F6. The molecule has 0 heterocycles. The van der Waals surface area contributed by atoms with E-state index in [1.54, 1.807) is 0 Å². The van der Waals surface area contributed by atoms with Crippen LogP contribution in [-0.4, -0.2) is 24.7 Å². The third kappa shape index (κ3) is 3.87. The largest absolute Gasteiger partial charge is 0.287 e. The molecule has 0 rings (SSSR count). The van der Waals surface area contributed by atoms with E-state index < -0.39 is 37.5 Å². The summed E-state index contributed by atoms with van der Waals surface area (Å²) >= 11 is 0. The van der Waals surface area contributed by atoms with Crippen molar-refractivity contribution in [2.75, 3.05) is 0 Å². The summed E-state index contributed by atoms with van der Waals surface area (Å²) in [6.07, 6.45) is -11.7. The summed E-state index contributed by atoms with van der Waals surface area (Å²) in [5.41, 5.74) is 0. The molecule has 0 aromatic heterocycles. The number of halogens is 6. The molecule has 6 heteroatoms. The molecule has 0 amide bonds. The van der Waals surface area contributed by atoms with Crippen LogP contribution in [0.25, 0.3) is 0 Å². The SMILES string of the molecule is [CH2]CC(F)[C@H](F)C(F)(F)CC(F)F. The maximum absolute atomic E-state index is 12.4. The Morgan fingerprint density at radius 1 is 1.08 bits per heavy atom. The summed E-state index contributed by atoms with van der Waals surface area (Å²) in [6.45, 7) is 2.86. The van der Waals surface area contributed by atoms with Crippen molar-refractivity contribution in [2.45, 2.75) is 37.5 Å². The van der Waals surface area contributed by atoms with Crippen LogP contribution in [0.15, 0.2) is 0 Å². The fourth-order valence-electron chi connectivity index (χ4n) is 0.729. The zero-order chi connectivity index (χ0) is 10.6. The Bertz CT molecular complexity index is 146. The molecule has 0 aromatic rings. The zero-order valence-electron chi connectivity index (χ0n) is 6.62. The molecule has 1 radical (unpaired) electrons. The standard InChI is InChI=1S/C7H9F6/c1-2-4(8)6(11)7(12,13)3-5(9)10/h4-6H,1-3H2/t4?,6-/m0/s1. The van der Waals surface area contributed by atoms with Crippen LogP contribution in [0.5, 0.6) is 0 Å². The van der Waals surface area contributed by atoms with Crippen molar-refractivity contribution in [3.05, 3.63) is 6.92 Å². The van der Waals surface area contributed by atoms with Crippen LogP contribution in [0, 0.1) is 6.92 Å². The molecule has 0 saturated carbocycles. The molecule has 0 aliphatic heterocycles. The van der Waals surface area contributed by atoms with Gasteiger partial charge in [-0.25, -0.2) is 26.3 Å². The van der Waals surface area contributed by atoms with Gasteiger partial charge in [0, 0.05) is 0 Å². The van der Waals surface area contributed by atoms with E-state index in [2.05, 4.69) is 6.92 Å². The van der Waals surface area contributed by atoms with Crippen LogP contribution in [0.4, 0.5) is 26.3 Å². The Balaban J connectivity index is 4.25. The number of hydrogen-bond donors (Lipinski definition) is 0. The van der Waals surface area contributed by atoms with Gasteiger partial charge in [-0.3, -0.25) is 0 Å². The van der Waals surface area contributed by atoms with E-state index in [0.717, 1.165) is 0 Å². The zero-order valence-corrected chi connectivity index (χ0v) is 6.62. The number of hydrogen-bond acceptors (Lipinski definition) is 0. The first-order valence-electron chi connectivity index (χ1n) is 3.54. The van der Waals surface area contributed by atoms with Gasteiger partial charge in [0.05, 0.1) is 6.42 Å². The molecular weight excluding hydrogens is 198 g/mol. The monoisotopic (exact) mass is 207 g/mol. The van der Waals surface area contributed by atoms with Gasteiger partial charge in [0.25, 0.3) is 5.92 Å². The van der Waals surface area contributed by atoms with E-state index in [9.17, 15) is 26.3 Å². The van der Waals surface area contributed by atoms with E-state index in [1.807, 2.05) is 0 Å². The highest BCUT2D eigenvalue weighted by atomic mass is 19.3. The van der Waals surface area contributed by atoms with Crippen molar-refractivity contribution >= 4 is 0 Å². The van der Waals surface area contributed by atoms with Gasteiger partial charge in [-0.2, -0.15) is 0 Å². The lowest BCUT2D eigenvalue weighted by molar-refractivity contribution is -0.127. The quantitative estimate of drug-likeness (QED) is 0.607. The minimum atomic E-state index is -4.33. The average Bonchev–Trinajstić information content (AvgIpc) is 1.99. The second-order valence-corrected chi connectivity index (χ2v) is 2.56. The third-order valence-electron chi connectivity index (χ3n) is 1.42. The second kappa shape index (κ2) is 4.72. The first-order chi connectivity index (χ1) is 5.81. The molecule has 13 heavy (non-hydrogen) atoms. The summed E-state index contributed by atoms with van der Waals surface area (Å²) < 4.78 is 72.5. The third-order valence-corrected chi connectivity index (χ3v) is 1.42. The van der Waals surface area contributed by atoms with Crippen molar-refractivity contribution in [2.24, 2.45) is 0 Å². The highest BCUT2D eigenvalue weighted by Gasteiger charge is 2.46. The minimum Gasteiger partial charge on any atom is -0.244 e. The van der Waals surface area contributed by atoms with Crippen LogP contribution in [-0.2, 0) is 0 Å². The molecule has 1 unspecified atom stereocenters. The Kier molecular flexibility index (Phi) is 4.56. The van der Waals surface area contributed by atoms with Gasteiger partial charge in [-0.05, 0) is 6.42 Å². The fourth-order valence-corrected chi connectivity index (χ4v) is 0.729. The van der Waals surface area contributed by atoms with E-state index in [4.69, 9.17) is 0 Å². The van der Waals surface area contributed by atoms with Crippen LogP contribution in [0.2, 0.25) is 0 Å². The molecule has 0 saturated heterocycles. The number of alkyl halides is 6. The van der Waals surface area contributed by atoms with E-state index in [0.29, 0.717) is 0 Å². The van der Waals surface area contributed by atoms with Gasteiger partial charge in [0.1, 0.15) is 6.17 Å². The second-order valence-electron chi connectivity index (χ2n) is 2.56. The predicted molar refractivity (Wildman–Crippen MR) is 35.3 cm³/mol. The fraction of sp³-hybridized carbons (Fsp3) is 0.857. The topological polar surface area (TPSA) is 0 Å². The van der Waals surface area contributed by atoms with E-state index in [1.165, 1.54) is 0 Å². The summed E-state index contributed by atoms with van der Waals surface area (Å²) in [5.74, 6) is -4.33. The normalized spacial score (nSPS) is 17.5. The van der Waals surface area contributed by atoms with Gasteiger partial charge in [0.15, 0.2) is 6.17 Å². The van der Waals surface area contributed by atoms with Crippen molar-refractivity contribution in [1.29, 1.82) is 0 Å². The molecule has 0 fully saturated rings. The molecule has 79 valence electrons. The molecule has 0 N–H and O–H groups in total. The van der Waals surface area contributed by atoms with Crippen molar-refractivity contribution in [3.63, 3.8) is 0 Å². The van der Waals surface area contributed by atoms with Crippen molar-refractivity contribution in [1.82, 2.24) is 0 Å². The summed E-state index contributed by atoms with van der Waals surface area (Å²) in [7, 11) is 0. The molecule has 0 aliphatic carbocycles. The lowest BCUT2D eigenvalue weighted by Gasteiger charge is -2.22. The Hall–Kier alpha value is -0.420. The maximum Gasteiger partial charge on any atom is 0.287 e. The first kappa shape index (κ1) is 12.6. The highest BCUT2D eigenvalue weighted by molar-refractivity contribution is 4.84. The highest BCUT2D eigenvalue weighted by Crippen LogP contribution is 2.32. The Morgan fingerprint density at radius 3 is 1.85 bits per heavy atom. The van der Waals surface area contributed by atoms with Gasteiger partial charge >= 0.3 is 0 Å². The molecule has 0 bridgehead atoms. The summed E-state index contributed by atoms with van der Waals surface area (Å²) in [5, 5.41) is 0. The summed E-state index contributed by atoms with van der Waals surface area (Å²) in [4.78, 5) is 0.